The Morgan fingerprint density at radius 1 is 1.04 bits per heavy atom. The number of likely N-dealkylation sites (N-methyl/N-ethyl adjacent to an activating group) is 1. The predicted octanol–water partition coefficient (Wildman–Crippen LogP) is 3.55. The van der Waals surface area contributed by atoms with Gasteiger partial charge in [0.05, 0.1) is 6.54 Å². The first kappa shape index (κ1) is 18.5. The second kappa shape index (κ2) is 8.37. The van der Waals surface area contributed by atoms with Crippen LogP contribution in [0.4, 0.5) is 5.69 Å². The number of anilines is 1. The summed E-state index contributed by atoms with van der Waals surface area (Å²) in [5.74, 6) is 0.185. The van der Waals surface area contributed by atoms with Crippen LogP contribution in [0.25, 0.3) is 0 Å². The lowest BCUT2D eigenvalue weighted by atomic mass is 10.0. The van der Waals surface area contributed by atoms with Crippen molar-refractivity contribution in [3.8, 4) is 0 Å². The van der Waals surface area contributed by atoms with Gasteiger partial charge in [0, 0.05) is 39.4 Å². The molecule has 0 aliphatic carbocycles. The largest absolute Gasteiger partial charge is 0.378 e. The average molecular weight is 351 g/mol. The molecule has 1 saturated heterocycles. The lowest BCUT2D eigenvalue weighted by Crippen LogP contribution is -2.37. The van der Waals surface area contributed by atoms with Crippen molar-refractivity contribution in [3.63, 3.8) is 0 Å². The molecule has 26 heavy (non-hydrogen) atoms. The van der Waals surface area contributed by atoms with Crippen molar-refractivity contribution in [2.75, 3.05) is 39.1 Å². The Hall–Kier alpha value is -2.33. The van der Waals surface area contributed by atoms with Gasteiger partial charge in [-0.1, -0.05) is 42.5 Å². The fourth-order valence-electron chi connectivity index (χ4n) is 3.62. The third-order valence-electron chi connectivity index (χ3n) is 5.18. The molecule has 3 rings (SSSR count). The van der Waals surface area contributed by atoms with Crippen molar-refractivity contribution in [2.24, 2.45) is 0 Å². The zero-order valence-electron chi connectivity index (χ0n) is 16.1. The zero-order valence-corrected chi connectivity index (χ0v) is 16.1. The average Bonchev–Trinajstić information content (AvgIpc) is 3.11. The van der Waals surface area contributed by atoms with Crippen molar-refractivity contribution in [3.05, 3.63) is 65.7 Å². The molecule has 0 spiro atoms. The van der Waals surface area contributed by atoms with Crippen LogP contribution in [0.15, 0.2) is 54.6 Å². The van der Waals surface area contributed by atoms with E-state index in [1.807, 2.05) is 32.1 Å². The van der Waals surface area contributed by atoms with Crippen LogP contribution in [0.3, 0.4) is 0 Å². The summed E-state index contributed by atoms with van der Waals surface area (Å²) < 4.78 is 0. The fourth-order valence-corrected chi connectivity index (χ4v) is 3.62. The number of amides is 1. The third kappa shape index (κ3) is 4.44. The monoisotopic (exact) mass is 351 g/mol. The van der Waals surface area contributed by atoms with Gasteiger partial charge < -0.3 is 9.80 Å². The van der Waals surface area contributed by atoms with E-state index >= 15 is 0 Å². The van der Waals surface area contributed by atoms with E-state index in [-0.39, 0.29) is 5.91 Å². The number of carbonyl (C=O) groups is 1. The highest BCUT2D eigenvalue weighted by molar-refractivity contribution is 5.78. The van der Waals surface area contributed by atoms with Gasteiger partial charge in [-0.2, -0.15) is 0 Å². The number of nitrogens with zero attached hydrogens (tertiary/aromatic N) is 3. The van der Waals surface area contributed by atoms with Gasteiger partial charge in [-0.15, -0.1) is 0 Å². The van der Waals surface area contributed by atoms with Crippen molar-refractivity contribution in [2.45, 2.75) is 25.4 Å². The van der Waals surface area contributed by atoms with Crippen LogP contribution in [0.2, 0.25) is 0 Å². The number of hydrogen-bond acceptors (Lipinski definition) is 3. The maximum absolute atomic E-state index is 12.7. The number of benzene rings is 2. The van der Waals surface area contributed by atoms with E-state index in [1.165, 1.54) is 11.3 Å². The Balaban J connectivity index is 1.58. The number of carbonyl (C=O) groups excluding carboxylic acids is 1. The Bertz CT molecular complexity index is 712. The number of likely N-dealkylation sites (tertiary alicyclic amines) is 1. The van der Waals surface area contributed by atoms with E-state index < -0.39 is 0 Å². The Morgan fingerprint density at radius 2 is 1.73 bits per heavy atom. The molecule has 1 fully saturated rings. The van der Waals surface area contributed by atoms with E-state index in [9.17, 15) is 4.79 Å². The molecule has 0 saturated carbocycles. The van der Waals surface area contributed by atoms with Crippen LogP contribution in [0, 0.1) is 0 Å². The van der Waals surface area contributed by atoms with Crippen LogP contribution >= 0.6 is 0 Å². The lowest BCUT2D eigenvalue weighted by molar-refractivity contribution is -0.131. The molecule has 2 aromatic rings. The Morgan fingerprint density at radius 3 is 2.38 bits per heavy atom. The predicted molar refractivity (Wildman–Crippen MR) is 107 cm³/mol. The summed E-state index contributed by atoms with van der Waals surface area (Å²) in [4.78, 5) is 19.0. The molecule has 1 aliphatic heterocycles. The minimum Gasteiger partial charge on any atom is -0.378 e. The summed E-state index contributed by atoms with van der Waals surface area (Å²) in [6.07, 6.45) is 2.29. The highest BCUT2D eigenvalue weighted by Gasteiger charge is 2.28. The molecule has 1 atom stereocenters. The number of hydrogen-bond donors (Lipinski definition) is 0. The molecular weight excluding hydrogens is 322 g/mol. The van der Waals surface area contributed by atoms with Crippen molar-refractivity contribution < 1.29 is 4.79 Å². The molecule has 1 aliphatic rings. The molecule has 4 nitrogen and oxygen atoms in total. The summed E-state index contributed by atoms with van der Waals surface area (Å²) in [6, 6.07) is 19.3. The van der Waals surface area contributed by atoms with Gasteiger partial charge in [0.25, 0.3) is 0 Å². The van der Waals surface area contributed by atoms with Crippen LogP contribution < -0.4 is 4.90 Å². The lowest BCUT2D eigenvalue weighted by Gasteiger charge is -2.27. The summed E-state index contributed by atoms with van der Waals surface area (Å²) in [5.41, 5.74) is 3.65. The first-order chi connectivity index (χ1) is 12.5. The van der Waals surface area contributed by atoms with E-state index in [4.69, 9.17) is 0 Å². The standard InChI is InChI=1S/C22H29N3O/c1-23(2)20-13-11-18(12-14-20)16-24(3)22(26)17-25-15-7-10-21(25)19-8-5-4-6-9-19/h4-6,8-9,11-14,21H,7,10,15-17H2,1-3H3. The molecule has 1 unspecified atom stereocenters. The van der Waals surface area contributed by atoms with Crippen LogP contribution in [0.1, 0.15) is 30.0 Å². The minimum absolute atomic E-state index is 0.185. The molecule has 0 N–H and O–H groups in total. The van der Waals surface area contributed by atoms with Crippen LogP contribution in [-0.2, 0) is 11.3 Å². The minimum atomic E-state index is 0.185. The maximum atomic E-state index is 12.7. The summed E-state index contributed by atoms with van der Waals surface area (Å²) in [5, 5.41) is 0. The molecule has 0 aromatic heterocycles. The van der Waals surface area contributed by atoms with Gasteiger partial charge in [0.2, 0.25) is 5.91 Å². The van der Waals surface area contributed by atoms with E-state index in [0.717, 1.165) is 24.9 Å². The smallest absolute Gasteiger partial charge is 0.236 e. The van der Waals surface area contributed by atoms with Gasteiger partial charge >= 0.3 is 0 Å². The first-order valence-electron chi connectivity index (χ1n) is 9.34. The number of rotatable bonds is 6. The Kier molecular flexibility index (Phi) is 5.94. The van der Waals surface area contributed by atoms with Crippen molar-refractivity contribution >= 4 is 11.6 Å². The molecular formula is C22H29N3O. The van der Waals surface area contributed by atoms with Crippen molar-refractivity contribution in [1.82, 2.24) is 9.80 Å². The first-order valence-corrected chi connectivity index (χ1v) is 9.34. The summed E-state index contributed by atoms with van der Waals surface area (Å²) in [7, 11) is 5.96. The third-order valence-corrected chi connectivity index (χ3v) is 5.18. The van der Waals surface area contributed by atoms with Crippen LogP contribution in [0.5, 0.6) is 0 Å². The molecule has 0 bridgehead atoms. The van der Waals surface area contributed by atoms with Crippen LogP contribution in [-0.4, -0.2) is 49.9 Å². The quantitative estimate of drug-likeness (QED) is 0.796. The second-order valence-electron chi connectivity index (χ2n) is 7.35. The maximum Gasteiger partial charge on any atom is 0.236 e. The highest BCUT2D eigenvalue weighted by atomic mass is 16.2. The molecule has 4 heteroatoms. The summed E-state index contributed by atoms with van der Waals surface area (Å²) >= 11 is 0. The molecule has 0 radical (unpaired) electrons. The van der Waals surface area contributed by atoms with E-state index in [0.29, 0.717) is 19.1 Å². The summed E-state index contributed by atoms with van der Waals surface area (Å²) in [6.45, 7) is 2.14. The van der Waals surface area contributed by atoms with Gasteiger partial charge in [-0.05, 0) is 42.6 Å². The van der Waals surface area contributed by atoms with Gasteiger partial charge in [-0.3, -0.25) is 9.69 Å². The molecule has 1 heterocycles. The fraction of sp³-hybridized carbons (Fsp3) is 0.409. The van der Waals surface area contributed by atoms with E-state index in [1.54, 1.807) is 0 Å². The van der Waals surface area contributed by atoms with Crippen molar-refractivity contribution in [1.29, 1.82) is 0 Å². The molecule has 2 aromatic carbocycles. The Labute approximate surface area is 157 Å². The van der Waals surface area contributed by atoms with Gasteiger partial charge in [0.15, 0.2) is 0 Å². The van der Waals surface area contributed by atoms with Gasteiger partial charge in [0.1, 0.15) is 0 Å². The second-order valence-corrected chi connectivity index (χ2v) is 7.35. The normalized spacial score (nSPS) is 17.3. The SMILES string of the molecule is CN(Cc1ccc(N(C)C)cc1)C(=O)CN1CCCC1c1ccccc1. The highest BCUT2D eigenvalue weighted by Crippen LogP contribution is 2.31. The van der Waals surface area contributed by atoms with E-state index in [2.05, 4.69) is 58.3 Å². The zero-order chi connectivity index (χ0) is 18.5. The molecule has 138 valence electrons. The topological polar surface area (TPSA) is 26.8 Å². The van der Waals surface area contributed by atoms with Gasteiger partial charge in [-0.25, -0.2) is 0 Å². The molecule has 1 amide bonds.